The van der Waals surface area contributed by atoms with Crippen LogP contribution in [0.2, 0.25) is 0 Å². The molecule has 4 aromatic heterocycles. The van der Waals surface area contributed by atoms with E-state index in [9.17, 15) is 4.79 Å². The first-order valence-electron chi connectivity index (χ1n) is 14.8. The Morgan fingerprint density at radius 1 is 1.09 bits per heavy atom. The number of aryl methyl sites for hydroxylation is 2. The molecule has 1 saturated heterocycles. The SMILES string of the molecule is CC.Cc1cn2cc(NC(=O)c3c(F)cc(N4CCC(NC5CC5)CC4)c4cn(C)nc34)cc(Oc3cccnn3)c2n1.[HH].[HH]. The van der Waals surface area contributed by atoms with E-state index in [-0.39, 0.29) is 14.3 Å². The molecule has 1 aliphatic carbocycles. The van der Waals surface area contributed by atoms with E-state index in [4.69, 9.17) is 4.74 Å². The summed E-state index contributed by atoms with van der Waals surface area (Å²) in [6.45, 7) is 7.49. The van der Waals surface area contributed by atoms with Crippen LogP contribution in [0.15, 0.2) is 49.1 Å². The third kappa shape index (κ3) is 6.00. The standard InChI is InChI=1S/C29H30FN9O2.C2H6.2H2/c1-17-14-39-15-20(12-24(28(39)32-17)41-25-4-3-9-31-35-25)34-29(40)26-22(30)13-23(21-16-37(2)36-27(21)26)38-10-7-19(8-11-38)33-18-5-6-18;1-2;;/h3-4,9,12-16,18-19,33H,5-8,10-11H2,1-2H3,(H,34,40);1-2H3;2*1H. The number of benzene rings is 1. The molecule has 1 saturated carbocycles. The van der Waals surface area contributed by atoms with Crippen molar-refractivity contribution in [3.63, 3.8) is 0 Å². The zero-order chi connectivity index (χ0) is 30.1. The van der Waals surface area contributed by atoms with Gasteiger partial charge < -0.3 is 24.7 Å². The summed E-state index contributed by atoms with van der Waals surface area (Å²) in [4.78, 5) is 20.3. The molecule has 228 valence electrons. The second kappa shape index (κ2) is 12.0. The van der Waals surface area contributed by atoms with Crippen molar-refractivity contribution in [2.24, 2.45) is 7.05 Å². The number of aromatic nitrogens is 6. The summed E-state index contributed by atoms with van der Waals surface area (Å²) < 4.78 is 25.1. The van der Waals surface area contributed by atoms with Crippen LogP contribution >= 0.6 is 0 Å². The van der Waals surface area contributed by atoms with Gasteiger partial charge >= 0.3 is 0 Å². The summed E-state index contributed by atoms with van der Waals surface area (Å²) in [5, 5.41) is 19.6. The number of carbonyl (C=O) groups is 1. The van der Waals surface area contributed by atoms with Crippen molar-refractivity contribution in [3.05, 3.63) is 66.1 Å². The van der Waals surface area contributed by atoms with Crippen LogP contribution in [-0.2, 0) is 7.05 Å². The van der Waals surface area contributed by atoms with Crippen LogP contribution in [0.3, 0.4) is 0 Å². The summed E-state index contributed by atoms with van der Waals surface area (Å²) in [5.41, 5.74) is 2.70. The zero-order valence-electron chi connectivity index (χ0n) is 24.8. The molecule has 0 spiro atoms. The number of ether oxygens (including phenoxy) is 1. The van der Waals surface area contributed by atoms with Crippen molar-refractivity contribution in [1.29, 1.82) is 0 Å². The normalized spacial score (nSPS) is 15.4. The van der Waals surface area contributed by atoms with Gasteiger partial charge in [0, 0.05) is 77.4 Å². The first kappa shape index (κ1) is 28.5. The largest absolute Gasteiger partial charge is 0.434 e. The fourth-order valence-electron chi connectivity index (χ4n) is 5.57. The van der Waals surface area contributed by atoms with Crippen LogP contribution in [0.5, 0.6) is 11.6 Å². The van der Waals surface area contributed by atoms with E-state index in [0.29, 0.717) is 34.7 Å². The van der Waals surface area contributed by atoms with Gasteiger partial charge in [-0.2, -0.15) is 10.2 Å². The van der Waals surface area contributed by atoms with Gasteiger partial charge in [-0.05, 0) is 44.7 Å². The molecule has 43 heavy (non-hydrogen) atoms. The summed E-state index contributed by atoms with van der Waals surface area (Å²) in [5.74, 6) is -0.568. The quantitative estimate of drug-likeness (QED) is 0.247. The number of nitrogens with one attached hydrogen (secondary N) is 2. The van der Waals surface area contributed by atoms with Gasteiger partial charge in [-0.1, -0.05) is 13.8 Å². The van der Waals surface area contributed by atoms with Gasteiger partial charge in [0.25, 0.3) is 5.91 Å². The molecule has 7 rings (SSSR count). The number of rotatable bonds is 7. The average Bonchev–Trinajstić information content (AvgIpc) is 3.61. The van der Waals surface area contributed by atoms with Gasteiger partial charge in [-0.3, -0.25) is 9.48 Å². The number of imidazole rings is 1. The molecule has 2 fully saturated rings. The predicted octanol–water partition coefficient (Wildman–Crippen LogP) is 5.74. The second-order valence-electron chi connectivity index (χ2n) is 10.8. The van der Waals surface area contributed by atoms with E-state index in [0.717, 1.165) is 42.7 Å². The van der Waals surface area contributed by atoms with Crippen molar-refractivity contribution >= 4 is 33.8 Å². The Kier molecular flexibility index (Phi) is 7.94. The van der Waals surface area contributed by atoms with Gasteiger partial charge in [0.2, 0.25) is 5.88 Å². The Morgan fingerprint density at radius 3 is 2.58 bits per heavy atom. The molecule has 1 amide bonds. The number of carbonyl (C=O) groups excluding carboxylic acids is 1. The maximum Gasteiger partial charge on any atom is 0.260 e. The molecule has 0 unspecified atom stereocenters. The topological polar surface area (TPSA) is 114 Å². The van der Waals surface area contributed by atoms with Crippen molar-refractivity contribution < 1.29 is 16.8 Å². The lowest BCUT2D eigenvalue weighted by atomic mass is 10.0. The van der Waals surface area contributed by atoms with Gasteiger partial charge in [-0.25, -0.2) is 9.37 Å². The first-order valence-corrected chi connectivity index (χ1v) is 14.8. The summed E-state index contributed by atoms with van der Waals surface area (Å²) in [6, 6.07) is 7.65. The molecular formula is C31H40FN9O2. The monoisotopic (exact) mass is 589 g/mol. The number of pyridine rings is 1. The van der Waals surface area contributed by atoms with Crippen LogP contribution < -0.4 is 20.3 Å². The van der Waals surface area contributed by atoms with E-state index in [1.54, 1.807) is 46.7 Å². The third-order valence-electron chi connectivity index (χ3n) is 7.61. The van der Waals surface area contributed by atoms with Crippen LogP contribution in [0, 0.1) is 12.7 Å². The van der Waals surface area contributed by atoms with Gasteiger partial charge in [0.05, 0.1) is 17.1 Å². The Morgan fingerprint density at radius 2 is 1.86 bits per heavy atom. The fraction of sp³-hybridized carbons (Fsp3) is 0.387. The Balaban J connectivity index is 0.00000113. The maximum absolute atomic E-state index is 15.8. The molecular weight excluding hydrogens is 549 g/mol. The maximum atomic E-state index is 15.8. The zero-order valence-corrected chi connectivity index (χ0v) is 24.8. The predicted molar refractivity (Wildman–Crippen MR) is 168 cm³/mol. The number of nitrogens with zero attached hydrogens (tertiary/aromatic N) is 7. The minimum Gasteiger partial charge on any atom is -0.434 e. The average molecular weight is 590 g/mol. The molecule has 0 atom stereocenters. The van der Waals surface area contributed by atoms with Gasteiger partial charge in [0.15, 0.2) is 11.4 Å². The Hall–Kier alpha value is -4.58. The minimum atomic E-state index is -0.613. The molecule has 1 aromatic carbocycles. The van der Waals surface area contributed by atoms with E-state index in [1.807, 2.05) is 33.2 Å². The van der Waals surface area contributed by atoms with Crippen molar-refractivity contribution in [3.8, 4) is 11.6 Å². The molecule has 11 nitrogen and oxygen atoms in total. The van der Waals surface area contributed by atoms with Gasteiger partial charge in [-0.15, -0.1) is 5.10 Å². The first-order chi connectivity index (χ1) is 20.9. The molecule has 0 radical (unpaired) electrons. The molecule has 5 heterocycles. The summed E-state index contributed by atoms with van der Waals surface area (Å²) in [7, 11) is 1.78. The summed E-state index contributed by atoms with van der Waals surface area (Å²) in [6.07, 6.45) is 11.4. The van der Waals surface area contributed by atoms with Crippen molar-refractivity contribution in [1.82, 2.24) is 34.7 Å². The van der Waals surface area contributed by atoms with E-state index >= 15 is 4.39 Å². The van der Waals surface area contributed by atoms with Crippen molar-refractivity contribution in [2.45, 2.75) is 58.5 Å². The number of hydrogen-bond donors (Lipinski definition) is 2. The molecule has 2 N–H and O–H groups in total. The Labute approximate surface area is 252 Å². The van der Waals surface area contributed by atoms with E-state index in [1.165, 1.54) is 18.9 Å². The lowest BCUT2D eigenvalue weighted by Gasteiger charge is -2.34. The van der Waals surface area contributed by atoms with Crippen LogP contribution in [0.25, 0.3) is 16.6 Å². The number of piperidine rings is 1. The highest BCUT2D eigenvalue weighted by molar-refractivity contribution is 6.14. The van der Waals surface area contributed by atoms with Crippen LogP contribution in [0.4, 0.5) is 15.8 Å². The molecule has 12 heteroatoms. The number of amides is 1. The number of halogens is 1. The smallest absolute Gasteiger partial charge is 0.260 e. The molecule has 5 aromatic rings. The molecule has 1 aliphatic heterocycles. The van der Waals surface area contributed by atoms with E-state index in [2.05, 4.69) is 35.8 Å². The van der Waals surface area contributed by atoms with Crippen LogP contribution in [0.1, 0.15) is 58.4 Å². The lowest BCUT2D eigenvalue weighted by molar-refractivity contribution is 0.102. The number of fused-ring (bicyclic) bond motifs is 2. The molecule has 2 aliphatic rings. The van der Waals surface area contributed by atoms with Crippen LogP contribution in [-0.4, -0.2) is 60.4 Å². The number of hydrogen-bond acceptors (Lipinski definition) is 8. The Bertz CT molecular complexity index is 1770. The van der Waals surface area contributed by atoms with Gasteiger partial charge in [0.1, 0.15) is 16.9 Å². The highest BCUT2D eigenvalue weighted by Crippen LogP contribution is 2.34. The molecule has 0 bridgehead atoms. The van der Waals surface area contributed by atoms with Crippen molar-refractivity contribution in [2.75, 3.05) is 23.3 Å². The highest BCUT2D eigenvalue weighted by atomic mass is 19.1. The highest BCUT2D eigenvalue weighted by Gasteiger charge is 2.29. The third-order valence-corrected chi connectivity index (χ3v) is 7.61. The summed E-state index contributed by atoms with van der Waals surface area (Å²) >= 11 is 0. The fourth-order valence-corrected chi connectivity index (χ4v) is 5.57. The lowest BCUT2D eigenvalue weighted by Crippen LogP contribution is -2.43. The minimum absolute atomic E-state index is 0. The second-order valence-corrected chi connectivity index (χ2v) is 10.8. The number of anilines is 2. The van der Waals surface area contributed by atoms with E-state index < -0.39 is 11.7 Å².